The van der Waals surface area contributed by atoms with Crippen LogP contribution in [0.15, 0.2) is 36.8 Å². The van der Waals surface area contributed by atoms with Crippen molar-refractivity contribution in [2.45, 2.75) is 18.6 Å². The van der Waals surface area contributed by atoms with Crippen LogP contribution in [0.5, 0.6) is 0 Å². The highest BCUT2D eigenvalue weighted by Crippen LogP contribution is 2.33. The fourth-order valence-electron chi connectivity index (χ4n) is 2.71. The number of aromatic nitrogens is 2. The highest BCUT2D eigenvalue weighted by Gasteiger charge is 2.36. The van der Waals surface area contributed by atoms with Crippen LogP contribution in [0.25, 0.3) is 0 Å². The van der Waals surface area contributed by atoms with Crippen molar-refractivity contribution >= 4 is 5.91 Å². The van der Waals surface area contributed by atoms with Gasteiger partial charge in [-0.05, 0) is 24.1 Å². The van der Waals surface area contributed by atoms with E-state index in [1.165, 1.54) is 12.1 Å². The van der Waals surface area contributed by atoms with E-state index >= 15 is 0 Å². The minimum Gasteiger partial charge on any atom is -0.391 e. The van der Waals surface area contributed by atoms with Gasteiger partial charge in [-0.25, -0.2) is 9.37 Å². The fraction of sp³-hybridized carbons (Fsp3) is 0.333. The molecule has 1 amide bonds. The number of imidazole rings is 1. The summed E-state index contributed by atoms with van der Waals surface area (Å²) < 4.78 is 14.7. The Hall–Kier alpha value is -2.21. The quantitative estimate of drug-likeness (QED) is 0.911. The number of aliphatic hydroxyl groups is 1. The lowest BCUT2D eigenvalue weighted by Crippen LogP contribution is -2.32. The number of hydrogen-bond donors (Lipinski definition) is 1. The van der Waals surface area contributed by atoms with Crippen LogP contribution >= 0.6 is 0 Å². The summed E-state index contributed by atoms with van der Waals surface area (Å²) in [6.07, 6.45) is 3.08. The number of halogens is 1. The molecular weight excluding hydrogens is 273 g/mol. The standard InChI is InChI=1S/C15H16FN3O2/c1-18-8-13(17-9-18)15(21)19-7-12(20)6-14(19)10-2-4-11(16)5-3-10/h2-5,8-9,12,14,20H,6-7H2,1H3. The van der Waals surface area contributed by atoms with E-state index < -0.39 is 6.10 Å². The zero-order valence-corrected chi connectivity index (χ0v) is 11.6. The first-order valence-electron chi connectivity index (χ1n) is 6.77. The number of nitrogens with zero attached hydrogens (tertiary/aromatic N) is 3. The van der Waals surface area contributed by atoms with E-state index in [-0.39, 0.29) is 24.3 Å². The van der Waals surface area contributed by atoms with Crippen molar-refractivity contribution in [1.82, 2.24) is 14.5 Å². The van der Waals surface area contributed by atoms with Crippen molar-refractivity contribution in [3.63, 3.8) is 0 Å². The van der Waals surface area contributed by atoms with Gasteiger partial charge in [0.2, 0.25) is 0 Å². The molecular formula is C15H16FN3O2. The molecule has 0 saturated carbocycles. The third kappa shape index (κ3) is 2.67. The number of amides is 1. The molecule has 0 bridgehead atoms. The van der Waals surface area contributed by atoms with Gasteiger partial charge in [0, 0.05) is 19.8 Å². The molecule has 1 aliphatic rings. The Morgan fingerprint density at radius 2 is 2.10 bits per heavy atom. The van der Waals surface area contributed by atoms with Crippen LogP contribution in [0.4, 0.5) is 4.39 Å². The molecule has 2 aromatic rings. The number of likely N-dealkylation sites (tertiary alicyclic amines) is 1. The maximum absolute atomic E-state index is 13.0. The first-order chi connectivity index (χ1) is 10.0. The number of aryl methyl sites for hydroxylation is 1. The van der Waals surface area contributed by atoms with Crippen LogP contribution in [0.1, 0.15) is 28.5 Å². The van der Waals surface area contributed by atoms with Crippen molar-refractivity contribution in [2.75, 3.05) is 6.54 Å². The van der Waals surface area contributed by atoms with Crippen LogP contribution in [0, 0.1) is 5.82 Å². The molecule has 0 radical (unpaired) electrons. The Kier molecular flexibility index (Phi) is 3.47. The van der Waals surface area contributed by atoms with Gasteiger partial charge in [-0.2, -0.15) is 0 Å². The van der Waals surface area contributed by atoms with Gasteiger partial charge < -0.3 is 14.6 Å². The molecule has 1 fully saturated rings. The lowest BCUT2D eigenvalue weighted by atomic mass is 10.0. The van der Waals surface area contributed by atoms with Crippen molar-refractivity contribution in [3.05, 3.63) is 53.9 Å². The molecule has 5 nitrogen and oxygen atoms in total. The number of rotatable bonds is 2. The van der Waals surface area contributed by atoms with Gasteiger partial charge in [0.15, 0.2) is 0 Å². The summed E-state index contributed by atoms with van der Waals surface area (Å²) >= 11 is 0. The second kappa shape index (κ2) is 5.29. The number of benzene rings is 1. The largest absolute Gasteiger partial charge is 0.391 e. The summed E-state index contributed by atoms with van der Waals surface area (Å²) in [6.45, 7) is 0.261. The molecule has 110 valence electrons. The summed E-state index contributed by atoms with van der Waals surface area (Å²) in [6, 6.07) is 5.77. The summed E-state index contributed by atoms with van der Waals surface area (Å²) in [5.74, 6) is -0.540. The predicted octanol–water partition coefficient (Wildman–Crippen LogP) is 1.51. The van der Waals surface area contributed by atoms with Crippen LogP contribution in [-0.2, 0) is 7.05 Å². The monoisotopic (exact) mass is 289 g/mol. The predicted molar refractivity (Wildman–Crippen MR) is 74.0 cm³/mol. The third-order valence-electron chi connectivity index (χ3n) is 3.72. The Morgan fingerprint density at radius 1 is 1.38 bits per heavy atom. The van der Waals surface area contributed by atoms with E-state index in [1.54, 1.807) is 41.2 Å². The summed E-state index contributed by atoms with van der Waals surface area (Å²) in [5, 5.41) is 9.89. The molecule has 1 N–H and O–H groups in total. The molecule has 2 heterocycles. The van der Waals surface area contributed by atoms with Gasteiger partial charge in [-0.3, -0.25) is 4.79 Å². The SMILES string of the molecule is Cn1cnc(C(=O)N2CC(O)CC2c2ccc(F)cc2)c1. The van der Waals surface area contributed by atoms with Crippen molar-refractivity contribution in [3.8, 4) is 0 Å². The molecule has 1 aromatic heterocycles. The van der Waals surface area contributed by atoms with Gasteiger partial charge >= 0.3 is 0 Å². The number of carbonyl (C=O) groups excluding carboxylic acids is 1. The fourth-order valence-corrected chi connectivity index (χ4v) is 2.71. The van der Waals surface area contributed by atoms with Gasteiger partial charge in [0.25, 0.3) is 5.91 Å². The summed E-state index contributed by atoms with van der Waals surface area (Å²) in [4.78, 5) is 18.2. The van der Waals surface area contributed by atoms with E-state index in [0.717, 1.165) is 5.56 Å². The Labute approximate surface area is 121 Å². The zero-order valence-electron chi connectivity index (χ0n) is 11.6. The molecule has 2 atom stereocenters. The molecule has 0 spiro atoms. The average molecular weight is 289 g/mol. The van der Waals surface area contributed by atoms with Crippen LogP contribution in [0.3, 0.4) is 0 Å². The normalized spacial score (nSPS) is 21.8. The Bertz CT molecular complexity index is 653. The summed E-state index contributed by atoms with van der Waals surface area (Å²) in [5.41, 5.74) is 1.16. The molecule has 6 heteroatoms. The smallest absolute Gasteiger partial charge is 0.274 e. The Morgan fingerprint density at radius 3 is 2.71 bits per heavy atom. The maximum atomic E-state index is 13.0. The number of aliphatic hydroxyl groups excluding tert-OH is 1. The van der Waals surface area contributed by atoms with E-state index in [4.69, 9.17) is 0 Å². The van der Waals surface area contributed by atoms with Crippen molar-refractivity contribution < 1.29 is 14.3 Å². The van der Waals surface area contributed by atoms with E-state index in [0.29, 0.717) is 12.1 Å². The van der Waals surface area contributed by atoms with Gasteiger partial charge in [-0.15, -0.1) is 0 Å². The van der Waals surface area contributed by atoms with Crippen LogP contribution < -0.4 is 0 Å². The van der Waals surface area contributed by atoms with Crippen LogP contribution in [-0.4, -0.2) is 38.1 Å². The van der Waals surface area contributed by atoms with Gasteiger partial charge in [-0.1, -0.05) is 12.1 Å². The minimum atomic E-state index is -0.576. The summed E-state index contributed by atoms with van der Waals surface area (Å²) in [7, 11) is 1.79. The molecule has 1 aliphatic heterocycles. The maximum Gasteiger partial charge on any atom is 0.274 e. The highest BCUT2D eigenvalue weighted by molar-refractivity contribution is 5.92. The zero-order chi connectivity index (χ0) is 15.0. The molecule has 21 heavy (non-hydrogen) atoms. The minimum absolute atomic E-state index is 0.221. The number of carbonyl (C=O) groups is 1. The topological polar surface area (TPSA) is 58.4 Å². The number of hydrogen-bond acceptors (Lipinski definition) is 3. The second-order valence-electron chi connectivity index (χ2n) is 5.34. The molecule has 1 aromatic carbocycles. The van der Waals surface area contributed by atoms with E-state index in [2.05, 4.69) is 4.98 Å². The van der Waals surface area contributed by atoms with Crippen molar-refractivity contribution in [2.24, 2.45) is 7.05 Å². The first-order valence-corrected chi connectivity index (χ1v) is 6.77. The highest BCUT2D eigenvalue weighted by atomic mass is 19.1. The van der Waals surface area contributed by atoms with E-state index in [1.807, 2.05) is 0 Å². The number of β-amino-alcohol motifs (C(OH)–C–C–N with tert-alkyl or cyclic N) is 1. The van der Waals surface area contributed by atoms with E-state index in [9.17, 15) is 14.3 Å². The van der Waals surface area contributed by atoms with Gasteiger partial charge in [0.1, 0.15) is 11.5 Å². The molecule has 2 unspecified atom stereocenters. The Balaban J connectivity index is 1.88. The van der Waals surface area contributed by atoms with Gasteiger partial charge in [0.05, 0.1) is 18.5 Å². The lowest BCUT2D eigenvalue weighted by molar-refractivity contribution is 0.0710. The molecule has 3 rings (SSSR count). The average Bonchev–Trinajstić information content (AvgIpc) is 3.05. The molecule has 1 saturated heterocycles. The van der Waals surface area contributed by atoms with Crippen LogP contribution in [0.2, 0.25) is 0 Å². The second-order valence-corrected chi connectivity index (χ2v) is 5.34. The lowest BCUT2D eigenvalue weighted by Gasteiger charge is -2.24. The molecule has 0 aliphatic carbocycles. The third-order valence-corrected chi connectivity index (χ3v) is 3.72. The van der Waals surface area contributed by atoms with Crippen molar-refractivity contribution in [1.29, 1.82) is 0 Å². The first kappa shape index (κ1) is 13.8.